The van der Waals surface area contributed by atoms with Crippen molar-refractivity contribution in [3.8, 4) is 0 Å². The highest BCUT2D eigenvalue weighted by molar-refractivity contribution is 5.90. The Morgan fingerprint density at radius 1 is 1.10 bits per heavy atom. The molecule has 0 spiro atoms. The van der Waals surface area contributed by atoms with Gasteiger partial charge in [-0.1, -0.05) is 26.0 Å². The maximum Gasteiger partial charge on any atom is 0.0821 e. The van der Waals surface area contributed by atoms with E-state index >= 15 is 0 Å². The van der Waals surface area contributed by atoms with Gasteiger partial charge in [-0.2, -0.15) is 5.10 Å². The Balaban J connectivity index is 1.89. The van der Waals surface area contributed by atoms with Crippen molar-refractivity contribution in [2.45, 2.75) is 39.3 Å². The van der Waals surface area contributed by atoms with Crippen molar-refractivity contribution >= 4 is 16.6 Å². The fourth-order valence-corrected chi connectivity index (χ4v) is 2.93. The van der Waals surface area contributed by atoms with E-state index in [2.05, 4.69) is 53.7 Å². The van der Waals surface area contributed by atoms with Gasteiger partial charge in [0.15, 0.2) is 0 Å². The first kappa shape index (κ1) is 13.7. The highest BCUT2D eigenvalue weighted by Gasteiger charge is 2.10. The second-order valence-electron chi connectivity index (χ2n) is 5.49. The second kappa shape index (κ2) is 5.64. The SMILES string of the molecule is CCC(CC)n1ccc(Cn2ccc3cccc(N)c32)n1. The number of fused-ring (bicyclic) bond motifs is 1. The van der Waals surface area contributed by atoms with Gasteiger partial charge in [0, 0.05) is 17.8 Å². The van der Waals surface area contributed by atoms with E-state index in [0.29, 0.717) is 6.04 Å². The average Bonchev–Trinajstić information content (AvgIpc) is 3.10. The second-order valence-corrected chi connectivity index (χ2v) is 5.49. The number of rotatable bonds is 5. The molecule has 2 N–H and O–H groups in total. The molecule has 21 heavy (non-hydrogen) atoms. The van der Waals surface area contributed by atoms with Crippen LogP contribution in [0.25, 0.3) is 10.9 Å². The molecular weight excluding hydrogens is 260 g/mol. The zero-order valence-electron chi connectivity index (χ0n) is 12.7. The van der Waals surface area contributed by atoms with E-state index in [-0.39, 0.29) is 0 Å². The first-order valence-corrected chi connectivity index (χ1v) is 7.60. The van der Waals surface area contributed by atoms with Crippen LogP contribution in [-0.4, -0.2) is 14.3 Å². The Hall–Kier alpha value is -2.23. The minimum atomic E-state index is 0.491. The summed E-state index contributed by atoms with van der Waals surface area (Å²) >= 11 is 0. The van der Waals surface area contributed by atoms with E-state index < -0.39 is 0 Å². The zero-order chi connectivity index (χ0) is 14.8. The van der Waals surface area contributed by atoms with Gasteiger partial charge in [0.25, 0.3) is 0 Å². The number of nitrogens with two attached hydrogens (primary N) is 1. The number of para-hydroxylation sites is 1. The first-order valence-electron chi connectivity index (χ1n) is 7.60. The van der Waals surface area contributed by atoms with Crippen molar-refractivity contribution in [2.24, 2.45) is 0 Å². The molecule has 0 atom stereocenters. The van der Waals surface area contributed by atoms with E-state index in [0.717, 1.165) is 36.3 Å². The fourth-order valence-electron chi connectivity index (χ4n) is 2.93. The summed E-state index contributed by atoms with van der Waals surface area (Å²) in [6.45, 7) is 5.16. The Labute approximate surface area is 125 Å². The number of hydrogen-bond donors (Lipinski definition) is 1. The summed E-state index contributed by atoms with van der Waals surface area (Å²) in [5, 5.41) is 5.89. The quantitative estimate of drug-likeness (QED) is 0.723. The van der Waals surface area contributed by atoms with Crippen LogP contribution in [0.15, 0.2) is 42.7 Å². The summed E-state index contributed by atoms with van der Waals surface area (Å²) in [5.41, 5.74) is 9.09. The number of hydrogen-bond acceptors (Lipinski definition) is 2. The summed E-state index contributed by atoms with van der Waals surface area (Å²) < 4.78 is 4.26. The van der Waals surface area contributed by atoms with Gasteiger partial charge < -0.3 is 10.3 Å². The largest absolute Gasteiger partial charge is 0.397 e. The summed E-state index contributed by atoms with van der Waals surface area (Å²) in [6, 6.07) is 10.7. The lowest BCUT2D eigenvalue weighted by Crippen LogP contribution is -2.08. The van der Waals surface area contributed by atoms with Gasteiger partial charge in [-0.05, 0) is 31.0 Å². The molecule has 2 aromatic heterocycles. The molecule has 2 heterocycles. The number of nitrogens with zero attached hydrogens (tertiary/aromatic N) is 3. The maximum atomic E-state index is 6.11. The van der Waals surface area contributed by atoms with Crippen LogP contribution in [0.4, 0.5) is 5.69 Å². The van der Waals surface area contributed by atoms with Gasteiger partial charge in [-0.25, -0.2) is 0 Å². The predicted octanol–water partition coefficient (Wildman–Crippen LogP) is 3.83. The average molecular weight is 282 g/mol. The molecule has 0 saturated heterocycles. The third-order valence-corrected chi connectivity index (χ3v) is 4.13. The van der Waals surface area contributed by atoms with Gasteiger partial charge in [0.05, 0.1) is 29.5 Å². The summed E-state index contributed by atoms with van der Waals surface area (Å²) in [4.78, 5) is 0. The van der Waals surface area contributed by atoms with Gasteiger partial charge in [-0.15, -0.1) is 0 Å². The van der Waals surface area contributed by atoms with Gasteiger partial charge in [0.1, 0.15) is 0 Å². The number of benzene rings is 1. The minimum Gasteiger partial charge on any atom is -0.397 e. The number of nitrogen functional groups attached to an aromatic ring is 1. The van der Waals surface area contributed by atoms with Crippen molar-refractivity contribution in [2.75, 3.05) is 5.73 Å². The van der Waals surface area contributed by atoms with E-state index in [1.807, 2.05) is 12.1 Å². The standard InChI is InChI=1S/C17H22N4/c1-3-15(4-2)21-11-9-14(19-21)12-20-10-8-13-6-5-7-16(18)17(13)20/h5-11,15H,3-4,12,18H2,1-2H3. The molecule has 0 bridgehead atoms. The molecule has 0 aliphatic carbocycles. The highest BCUT2D eigenvalue weighted by atomic mass is 15.3. The van der Waals surface area contributed by atoms with Crippen LogP contribution in [0, 0.1) is 0 Å². The monoisotopic (exact) mass is 282 g/mol. The molecule has 0 radical (unpaired) electrons. The van der Waals surface area contributed by atoms with Crippen LogP contribution in [0.5, 0.6) is 0 Å². The molecule has 0 aliphatic heterocycles. The minimum absolute atomic E-state index is 0.491. The molecule has 3 rings (SSSR count). The van der Waals surface area contributed by atoms with Gasteiger partial charge in [0.2, 0.25) is 0 Å². The van der Waals surface area contributed by atoms with E-state index in [1.165, 1.54) is 5.39 Å². The van der Waals surface area contributed by atoms with Crippen LogP contribution in [0.2, 0.25) is 0 Å². The predicted molar refractivity (Wildman–Crippen MR) is 87.3 cm³/mol. The summed E-state index contributed by atoms with van der Waals surface area (Å²) in [7, 11) is 0. The topological polar surface area (TPSA) is 48.8 Å². The highest BCUT2D eigenvalue weighted by Crippen LogP contribution is 2.23. The third kappa shape index (κ3) is 2.53. The van der Waals surface area contributed by atoms with Crippen molar-refractivity contribution in [1.82, 2.24) is 14.3 Å². The van der Waals surface area contributed by atoms with E-state index in [1.54, 1.807) is 0 Å². The van der Waals surface area contributed by atoms with Crippen LogP contribution < -0.4 is 5.73 Å². The van der Waals surface area contributed by atoms with E-state index in [9.17, 15) is 0 Å². The Kier molecular flexibility index (Phi) is 3.69. The Bertz CT molecular complexity index is 734. The lowest BCUT2D eigenvalue weighted by atomic mass is 10.2. The van der Waals surface area contributed by atoms with Crippen LogP contribution in [0.3, 0.4) is 0 Å². The molecule has 4 heteroatoms. The summed E-state index contributed by atoms with van der Waals surface area (Å²) in [5.74, 6) is 0. The van der Waals surface area contributed by atoms with Crippen molar-refractivity contribution in [3.63, 3.8) is 0 Å². The molecule has 110 valence electrons. The Morgan fingerprint density at radius 3 is 2.67 bits per heavy atom. The van der Waals surface area contributed by atoms with Crippen LogP contribution in [-0.2, 0) is 6.54 Å². The molecule has 1 aromatic carbocycles. The first-order chi connectivity index (χ1) is 10.2. The van der Waals surface area contributed by atoms with Gasteiger partial charge >= 0.3 is 0 Å². The normalized spacial score (nSPS) is 11.6. The smallest absolute Gasteiger partial charge is 0.0821 e. The molecular formula is C17H22N4. The third-order valence-electron chi connectivity index (χ3n) is 4.13. The Morgan fingerprint density at radius 2 is 1.90 bits per heavy atom. The fraction of sp³-hybridized carbons (Fsp3) is 0.353. The molecule has 0 amide bonds. The van der Waals surface area contributed by atoms with Crippen LogP contribution in [0.1, 0.15) is 38.4 Å². The van der Waals surface area contributed by atoms with Crippen molar-refractivity contribution < 1.29 is 0 Å². The number of aromatic nitrogens is 3. The lowest BCUT2D eigenvalue weighted by Gasteiger charge is -2.12. The molecule has 0 aliphatic rings. The molecule has 0 saturated carbocycles. The van der Waals surface area contributed by atoms with Gasteiger partial charge in [-0.3, -0.25) is 4.68 Å². The number of anilines is 1. The molecule has 0 fully saturated rings. The maximum absolute atomic E-state index is 6.11. The molecule has 3 aromatic rings. The molecule has 0 unspecified atom stereocenters. The van der Waals surface area contributed by atoms with Crippen LogP contribution >= 0.6 is 0 Å². The van der Waals surface area contributed by atoms with Crippen molar-refractivity contribution in [3.05, 3.63) is 48.4 Å². The van der Waals surface area contributed by atoms with E-state index in [4.69, 9.17) is 10.8 Å². The van der Waals surface area contributed by atoms with Crippen molar-refractivity contribution in [1.29, 1.82) is 0 Å². The zero-order valence-corrected chi connectivity index (χ0v) is 12.7. The molecule has 4 nitrogen and oxygen atoms in total. The summed E-state index contributed by atoms with van der Waals surface area (Å²) in [6.07, 6.45) is 6.38. The lowest BCUT2D eigenvalue weighted by molar-refractivity contribution is 0.425.